The van der Waals surface area contributed by atoms with Gasteiger partial charge in [-0.3, -0.25) is 24.1 Å². The maximum atomic E-state index is 13.9. The Morgan fingerprint density at radius 2 is 1.73 bits per heavy atom. The normalized spacial score (nSPS) is 15.8. The molecule has 0 radical (unpaired) electrons. The first-order valence-corrected chi connectivity index (χ1v) is 13.0. The number of nitrogens with zero attached hydrogens (tertiary/aromatic N) is 2. The van der Waals surface area contributed by atoms with Crippen LogP contribution in [-0.4, -0.2) is 68.7 Å². The van der Waals surface area contributed by atoms with Gasteiger partial charge in [-0.25, -0.2) is 0 Å². The zero-order valence-electron chi connectivity index (χ0n) is 22.5. The molecule has 1 aliphatic heterocycles. The van der Waals surface area contributed by atoms with Gasteiger partial charge < -0.3 is 25.1 Å². The van der Waals surface area contributed by atoms with Gasteiger partial charge in [0.1, 0.15) is 31.3 Å². The van der Waals surface area contributed by atoms with E-state index in [9.17, 15) is 24.0 Å². The molecule has 0 saturated heterocycles. The number of ether oxygens (including phenoxy) is 1. The lowest BCUT2D eigenvalue weighted by molar-refractivity contribution is -0.127. The Balaban J connectivity index is 1.63. The molecule has 0 aliphatic carbocycles. The zero-order chi connectivity index (χ0) is 28.6. The number of benzene rings is 3. The Morgan fingerprint density at radius 3 is 2.42 bits per heavy atom. The molecule has 1 unspecified atom stereocenters. The number of rotatable bonds is 11. The van der Waals surface area contributed by atoms with Crippen molar-refractivity contribution in [3.63, 3.8) is 0 Å². The molecular weight excluding hydrogens is 512 g/mol. The highest BCUT2D eigenvalue weighted by molar-refractivity contribution is 6.09. The third-order valence-electron chi connectivity index (χ3n) is 6.65. The molecule has 0 spiro atoms. The van der Waals surface area contributed by atoms with E-state index in [2.05, 4.69) is 10.6 Å². The van der Waals surface area contributed by atoms with E-state index in [-0.39, 0.29) is 31.3 Å². The van der Waals surface area contributed by atoms with Crippen molar-refractivity contribution < 1.29 is 28.7 Å². The van der Waals surface area contributed by atoms with Gasteiger partial charge in [0, 0.05) is 20.1 Å². The molecule has 208 valence electrons. The molecule has 1 aliphatic rings. The van der Waals surface area contributed by atoms with Crippen LogP contribution in [0.5, 0.6) is 0 Å². The number of hydrogen-bond donors (Lipinski definition) is 2. The van der Waals surface area contributed by atoms with Crippen LogP contribution in [0.4, 0.5) is 11.4 Å². The van der Waals surface area contributed by atoms with Crippen LogP contribution in [0.25, 0.3) is 10.8 Å². The fourth-order valence-electron chi connectivity index (χ4n) is 4.77. The molecule has 0 fully saturated rings. The number of ketones is 1. The summed E-state index contributed by atoms with van der Waals surface area (Å²) in [4.78, 5) is 65.6. The Hall–Kier alpha value is -4.41. The van der Waals surface area contributed by atoms with Crippen molar-refractivity contribution in [1.29, 1.82) is 0 Å². The molecule has 0 aromatic heterocycles. The topological polar surface area (TPSA) is 125 Å². The first-order valence-electron chi connectivity index (χ1n) is 13.0. The molecule has 3 aromatic carbocycles. The van der Waals surface area contributed by atoms with Gasteiger partial charge in [-0.15, -0.1) is 0 Å². The predicted octanol–water partition coefficient (Wildman–Crippen LogP) is 1.99. The number of para-hydroxylation sites is 2. The minimum atomic E-state index is -0.996. The quantitative estimate of drug-likeness (QED) is 0.354. The van der Waals surface area contributed by atoms with Gasteiger partial charge in [0.2, 0.25) is 11.8 Å². The molecule has 0 bridgehead atoms. The summed E-state index contributed by atoms with van der Waals surface area (Å²) >= 11 is 0. The van der Waals surface area contributed by atoms with E-state index in [4.69, 9.17) is 4.74 Å². The number of amides is 3. The molecule has 0 saturated carbocycles. The summed E-state index contributed by atoms with van der Waals surface area (Å²) < 4.78 is 5.09. The Labute approximate surface area is 232 Å². The predicted molar refractivity (Wildman–Crippen MR) is 151 cm³/mol. The molecule has 1 heterocycles. The average molecular weight is 545 g/mol. The van der Waals surface area contributed by atoms with Gasteiger partial charge in [-0.2, -0.15) is 0 Å². The largest absolute Gasteiger partial charge is 0.375 e. The highest BCUT2D eigenvalue weighted by atomic mass is 16.5. The molecule has 2 N–H and O–H groups in total. The Morgan fingerprint density at radius 1 is 1.02 bits per heavy atom. The van der Waals surface area contributed by atoms with Crippen molar-refractivity contribution in [2.75, 3.05) is 36.6 Å². The summed E-state index contributed by atoms with van der Waals surface area (Å²) in [6, 6.07) is 18.9. The maximum Gasteiger partial charge on any atom is 0.253 e. The fraction of sp³-hybridized carbons (Fsp3) is 0.300. The van der Waals surface area contributed by atoms with Crippen molar-refractivity contribution in [2.45, 2.75) is 32.0 Å². The number of aldehydes is 1. The molecule has 4 rings (SSSR count). The maximum absolute atomic E-state index is 13.9. The van der Waals surface area contributed by atoms with Crippen LogP contribution in [0.3, 0.4) is 0 Å². The Kier molecular flexibility index (Phi) is 9.36. The molecule has 10 nitrogen and oxygen atoms in total. The van der Waals surface area contributed by atoms with Gasteiger partial charge in [0.25, 0.3) is 5.91 Å². The third kappa shape index (κ3) is 6.77. The van der Waals surface area contributed by atoms with E-state index in [0.717, 1.165) is 16.3 Å². The summed E-state index contributed by atoms with van der Waals surface area (Å²) in [5.41, 5.74) is 1.78. The van der Waals surface area contributed by atoms with Crippen molar-refractivity contribution in [3.8, 4) is 0 Å². The number of methoxy groups -OCH3 is 1. The molecule has 40 heavy (non-hydrogen) atoms. The van der Waals surface area contributed by atoms with E-state index in [1.54, 1.807) is 24.3 Å². The smallest absolute Gasteiger partial charge is 0.253 e. The van der Waals surface area contributed by atoms with Crippen molar-refractivity contribution in [3.05, 3.63) is 72.3 Å². The first-order chi connectivity index (χ1) is 19.3. The molecule has 3 aromatic rings. The van der Waals surface area contributed by atoms with Crippen LogP contribution in [0, 0.1) is 0 Å². The summed E-state index contributed by atoms with van der Waals surface area (Å²) in [6.45, 7) is 1.10. The van der Waals surface area contributed by atoms with Crippen molar-refractivity contribution >= 4 is 51.9 Å². The number of Topliss-reactive ketones (excluding diaryl/α,β-unsaturated/α-hetero) is 1. The minimum Gasteiger partial charge on any atom is -0.375 e. The van der Waals surface area contributed by atoms with Gasteiger partial charge in [0.05, 0.1) is 24.0 Å². The highest BCUT2D eigenvalue weighted by Gasteiger charge is 2.36. The zero-order valence-corrected chi connectivity index (χ0v) is 22.5. The minimum absolute atomic E-state index is 0.0189. The molecule has 10 heteroatoms. The molecular formula is C30H32N4O6. The lowest BCUT2D eigenvalue weighted by Crippen LogP contribution is -2.53. The number of carbonyl (C=O) groups excluding carboxylic acids is 5. The summed E-state index contributed by atoms with van der Waals surface area (Å²) in [5, 5.41) is 7.95. The van der Waals surface area contributed by atoms with Crippen molar-refractivity contribution in [1.82, 2.24) is 10.6 Å². The third-order valence-corrected chi connectivity index (χ3v) is 6.65. The van der Waals surface area contributed by atoms with E-state index >= 15 is 0 Å². The number of hydrogen-bond acceptors (Lipinski definition) is 7. The summed E-state index contributed by atoms with van der Waals surface area (Å²) in [5.74, 6) is -1.61. The number of anilines is 2. The van der Waals surface area contributed by atoms with Gasteiger partial charge in [-0.1, -0.05) is 48.5 Å². The molecule has 2 atom stereocenters. The van der Waals surface area contributed by atoms with Crippen LogP contribution in [0.2, 0.25) is 0 Å². The lowest BCUT2D eigenvalue weighted by atomic mass is 10.1. The average Bonchev–Trinajstić information content (AvgIpc) is 3.06. The second-order valence-corrected chi connectivity index (χ2v) is 9.68. The van der Waals surface area contributed by atoms with Gasteiger partial charge >= 0.3 is 0 Å². The van der Waals surface area contributed by atoms with Crippen LogP contribution in [0.15, 0.2) is 66.7 Å². The van der Waals surface area contributed by atoms with Crippen LogP contribution in [0.1, 0.15) is 18.9 Å². The van der Waals surface area contributed by atoms with Crippen LogP contribution < -0.4 is 20.4 Å². The lowest BCUT2D eigenvalue weighted by Gasteiger charge is -2.25. The summed E-state index contributed by atoms with van der Waals surface area (Å²) in [6.07, 6.45) is 0.353. The van der Waals surface area contributed by atoms with Crippen molar-refractivity contribution in [2.24, 2.45) is 0 Å². The van der Waals surface area contributed by atoms with Crippen LogP contribution >= 0.6 is 0 Å². The number of carbonyl (C=O) groups is 5. The number of fused-ring (bicyclic) bond motifs is 2. The monoisotopic (exact) mass is 544 g/mol. The van der Waals surface area contributed by atoms with E-state index in [1.807, 2.05) is 42.5 Å². The van der Waals surface area contributed by atoms with Crippen LogP contribution in [-0.2, 0) is 35.3 Å². The fourth-order valence-corrected chi connectivity index (χ4v) is 4.77. The highest BCUT2D eigenvalue weighted by Crippen LogP contribution is 2.33. The van der Waals surface area contributed by atoms with Gasteiger partial charge in [0.15, 0.2) is 0 Å². The van der Waals surface area contributed by atoms with Gasteiger partial charge in [-0.05, 0) is 41.5 Å². The second-order valence-electron chi connectivity index (χ2n) is 9.68. The first kappa shape index (κ1) is 28.6. The SMILES string of the molecule is COCC(=O)N1CC(NCc2ccc3ccccc3c2)C(=O)N(CC(=O)N[C@H](C=O)CC(C)=O)c2ccccc21. The Bertz CT molecular complexity index is 1420. The number of nitrogens with one attached hydrogen (secondary N) is 2. The van der Waals surface area contributed by atoms with E-state index in [0.29, 0.717) is 24.2 Å². The summed E-state index contributed by atoms with van der Waals surface area (Å²) in [7, 11) is 1.42. The molecule has 3 amide bonds. The second kappa shape index (κ2) is 13.1. The van der Waals surface area contributed by atoms with E-state index in [1.165, 1.54) is 23.8 Å². The standard InChI is InChI=1S/C30H32N4O6/c1-20(36)13-24(18-35)32-28(37)17-34-27-10-6-5-9-26(27)33(29(38)19-40-2)16-25(30(34)39)31-15-21-11-12-22-7-3-4-8-23(22)14-21/h3-12,14,18,24-25,31H,13,15-17,19H2,1-2H3,(H,32,37)/t24-,25?/m0/s1. The van der Waals surface area contributed by atoms with E-state index < -0.39 is 30.4 Å².